The minimum Gasteiger partial charge on any atom is -0.349 e. The Balaban J connectivity index is 2.07. The lowest BCUT2D eigenvalue weighted by atomic mass is 9.95. The summed E-state index contributed by atoms with van der Waals surface area (Å²) >= 11 is 5.75. The number of hydrogen-bond donors (Lipinski definition) is 2. The van der Waals surface area contributed by atoms with Gasteiger partial charge in [0.25, 0.3) is 5.91 Å². The molecule has 2 rings (SSSR count). The van der Waals surface area contributed by atoms with Crippen LogP contribution in [0.4, 0.5) is 5.69 Å². The Morgan fingerprint density at radius 2 is 1.86 bits per heavy atom. The number of nitrogens with one attached hydrogen (secondary N) is 2. The van der Waals surface area contributed by atoms with Gasteiger partial charge in [0.1, 0.15) is 5.38 Å². The Morgan fingerprint density at radius 3 is 2.52 bits per heavy atom. The van der Waals surface area contributed by atoms with E-state index in [-0.39, 0.29) is 17.9 Å². The van der Waals surface area contributed by atoms with Gasteiger partial charge in [-0.25, -0.2) is 0 Å². The molecule has 1 aromatic carbocycles. The van der Waals surface area contributed by atoms with Crippen LogP contribution in [0, 0.1) is 0 Å². The van der Waals surface area contributed by atoms with Gasteiger partial charge in [0, 0.05) is 6.04 Å². The standard InChI is InChI=1S/C16H21ClN2O2/c1-11(17)15(20)19-14-10-6-5-9-13(14)16(21)18-12-7-3-2-4-8-12/h5-6,9-12H,2-4,7-8H2,1H3,(H,18,21)(H,19,20). The van der Waals surface area contributed by atoms with Gasteiger partial charge in [-0.05, 0) is 31.9 Å². The third kappa shape index (κ3) is 4.46. The first kappa shape index (κ1) is 15.8. The quantitative estimate of drug-likeness (QED) is 0.838. The van der Waals surface area contributed by atoms with Crippen molar-refractivity contribution in [3.8, 4) is 0 Å². The molecule has 1 atom stereocenters. The van der Waals surface area contributed by atoms with Gasteiger partial charge in [0.2, 0.25) is 5.91 Å². The van der Waals surface area contributed by atoms with Crippen molar-refractivity contribution in [3.63, 3.8) is 0 Å². The van der Waals surface area contributed by atoms with Crippen LogP contribution in [0.25, 0.3) is 0 Å². The SMILES string of the molecule is CC(Cl)C(=O)Nc1ccccc1C(=O)NC1CCCCC1. The van der Waals surface area contributed by atoms with E-state index in [1.807, 2.05) is 0 Å². The predicted molar refractivity (Wildman–Crippen MR) is 84.7 cm³/mol. The second-order valence-corrected chi connectivity index (χ2v) is 6.11. The van der Waals surface area contributed by atoms with Crippen molar-refractivity contribution >= 4 is 29.1 Å². The van der Waals surface area contributed by atoms with Crippen LogP contribution < -0.4 is 10.6 Å². The van der Waals surface area contributed by atoms with Crippen molar-refractivity contribution in [3.05, 3.63) is 29.8 Å². The van der Waals surface area contributed by atoms with Crippen molar-refractivity contribution in [2.24, 2.45) is 0 Å². The molecule has 0 heterocycles. The summed E-state index contributed by atoms with van der Waals surface area (Å²) in [7, 11) is 0. The fourth-order valence-corrected chi connectivity index (χ4v) is 2.59. The first-order valence-electron chi connectivity index (χ1n) is 7.43. The van der Waals surface area contributed by atoms with Gasteiger partial charge < -0.3 is 10.6 Å². The molecule has 0 aromatic heterocycles. The van der Waals surface area contributed by atoms with E-state index in [1.165, 1.54) is 6.42 Å². The fraction of sp³-hybridized carbons (Fsp3) is 0.500. The van der Waals surface area contributed by atoms with E-state index in [4.69, 9.17) is 11.6 Å². The highest BCUT2D eigenvalue weighted by atomic mass is 35.5. The zero-order valence-corrected chi connectivity index (χ0v) is 13.0. The highest BCUT2D eigenvalue weighted by Crippen LogP contribution is 2.20. The lowest BCUT2D eigenvalue weighted by molar-refractivity contribution is -0.115. The summed E-state index contributed by atoms with van der Waals surface area (Å²) in [5.41, 5.74) is 0.983. The van der Waals surface area contributed by atoms with Crippen LogP contribution in [0.2, 0.25) is 0 Å². The van der Waals surface area contributed by atoms with E-state index in [1.54, 1.807) is 31.2 Å². The second kappa shape index (κ2) is 7.46. The number of benzene rings is 1. The third-order valence-electron chi connectivity index (χ3n) is 3.73. The van der Waals surface area contributed by atoms with E-state index in [9.17, 15) is 9.59 Å². The molecule has 2 N–H and O–H groups in total. The van der Waals surface area contributed by atoms with Crippen LogP contribution >= 0.6 is 11.6 Å². The molecule has 2 amide bonds. The number of anilines is 1. The minimum atomic E-state index is -0.639. The van der Waals surface area contributed by atoms with Gasteiger partial charge in [0.05, 0.1) is 11.3 Å². The Hall–Kier alpha value is -1.55. The predicted octanol–water partition coefficient (Wildman–Crippen LogP) is 3.31. The molecule has 0 saturated heterocycles. The molecule has 21 heavy (non-hydrogen) atoms. The van der Waals surface area contributed by atoms with E-state index in [0.29, 0.717) is 11.3 Å². The molecule has 5 heteroatoms. The molecule has 0 spiro atoms. The average molecular weight is 309 g/mol. The third-order valence-corrected chi connectivity index (χ3v) is 3.93. The van der Waals surface area contributed by atoms with Crippen molar-refractivity contribution in [2.75, 3.05) is 5.32 Å². The lowest BCUT2D eigenvalue weighted by Gasteiger charge is -2.23. The Bertz CT molecular complexity index is 511. The van der Waals surface area contributed by atoms with Gasteiger partial charge in [-0.15, -0.1) is 11.6 Å². The van der Waals surface area contributed by atoms with Crippen LogP contribution in [-0.4, -0.2) is 23.2 Å². The normalized spacial score (nSPS) is 17.0. The van der Waals surface area contributed by atoms with Crippen molar-refractivity contribution in [1.29, 1.82) is 0 Å². The zero-order chi connectivity index (χ0) is 15.2. The number of rotatable bonds is 4. The Morgan fingerprint density at radius 1 is 1.19 bits per heavy atom. The zero-order valence-electron chi connectivity index (χ0n) is 12.2. The van der Waals surface area contributed by atoms with Crippen molar-refractivity contribution in [1.82, 2.24) is 5.32 Å². The average Bonchev–Trinajstić information content (AvgIpc) is 2.48. The summed E-state index contributed by atoms with van der Waals surface area (Å²) in [5.74, 6) is -0.449. The molecule has 0 bridgehead atoms. The van der Waals surface area contributed by atoms with Crippen molar-refractivity contribution < 1.29 is 9.59 Å². The second-order valence-electron chi connectivity index (χ2n) is 5.46. The number of amides is 2. The summed E-state index contributed by atoms with van der Waals surface area (Å²) in [6.45, 7) is 1.60. The van der Waals surface area contributed by atoms with Gasteiger partial charge >= 0.3 is 0 Å². The first-order valence-corrected chi connectivity index (χ1v) is 7.86. The summed E-state index contributed by atoms with van der Waals surface area (Å²) in [6, 6.07) is 7.24. The lowest BCUT2D eigenvalue weighted by Crippen LogP contribution is -2.36. The Kier molecular flexibility index (Phi) is 5.62. The Labute approximate surface area is 130 Å². The highest BCUT2D eigenvalue weighted by Gasteiger charge is 2.19. The summed E-state index contributed by atoms with van der Waals surface area (Å²) in [6.07, 6.45) is 5.62. The molecule has 1 fully saturated rings. The number of para-hydroxylation sites is 1. The van der Waals surface area contributed by atoms with Crippen molar-refractivity contribution in [2.45, 2.75) is 50.4 Å². The van der Waals surface area contributed by atoms with Gasteiger partial charge in [0.15, 0.2) is 0 Å². The molecule has 114 valence electrons. The first-order chi connectivity index (χ1) is 10.1. The molecule has 0 aliphatic heterocycles. The highest BCUT2D eigenvalue weighted by molar-refractivity contribution is 6.32. The molecule has 1 aliphatic rings. The van der Waals surface area contributed by atoms with Crippen LogP contribution in [0.5, 0.6) is 0 Å². The van der Waals surface area contributed by atoms with Crippen LogP contribution in [0.3, 0.4) is 0 Å². The van der Waals surface area contributed by atoms with E-state index in [2.05, 4.69) is 10.6 Å². The number of hydrogen-bond acceptors (Lipinski definition) is 2. The molecule has 0 radical (unpaired) electrons. The van der Waals surface area contributed by atoms with Crippen LogP contribution in [-0.2, 0) is 4.79 Å². The van der Waals surface area contributed by atoms with E-state index >= 15 is 0 Å². The molecular formula is C16H21ClN2O2. The number of carbonyl (C=O) groups excluding carboxylic acids is 2. The van der Waals surface area contributed by atoms with Crippen LogP contribution in [0.15, 0.2) is 24.3 Å². The summed E-state index contributed by atoms with van der Waals surface area (Å²) < 4.78 is 0. The molecule has 4 nitrogen and oxygen atoms in total. The van der Waals surface area contributed by atoms with E-state index < -0.39 is 5.38 Å². The largest absolute Gasteiger partial charge is 0.349 e. The minimum absolute atomic E-state index is 0.139. The molecule has 1 saturated carbocycles. The number of carbonyl (C=O) groups is 2. The maximum Gasteiger partial charge on any atom is 0.253 e. The summed E-state index contributed by atoms with van der Waals surface area (Å²) in [4.78, 5) is 24.1. The molecule has 1 unspecified atom stereocenters. The van der Waals surface area contributed by atoms with E-state index in [0.717, 1.165) is 25.7 Å². The van der Waals surface area contributed by atoms with Gasteiger partial charge in [-0.2, -0.15) is 0 Å². The number of alkyl halides is 1. The number of halogens is 1. The maximum absolute atomic E-state index is 12.4. The monoisotopic (exact) mass is 308 g/mol. The molecule has 1 aliphatic carbocycles. The topological polar surface area (TPSA) is 58.2 Å². The smallest absolute Gasteiger partial charge is 0.253 e. The molecule has 1 aromatic rings. The van der Waals surface area contributed by atoms with Gasteiger partial charge in [-0.1, -0.05) is 31.4 Å². The fourth-order valence-electron chi connectivity index (χ4n) is 2.53. The summed E-state index contributed by atoms with van der Waals surface area (Å²) in [5, 5.41) is 5.11. The molecular weight excluding hydrogens is 288 g/mol. The maximum atomic E-state index is 12.4. The van der Waals surface area contributed by atoms with Gasteiger partial charge in [-0.3, -0.25) is 9.59 Å². The van der Waals surface area contributed by atoms with Crippen LogP contribution in [0.1, 0.15) is 49.4 Å².